The first-order valence-electron chi connectivity index (χ1n) is 4.57. The van der Waals surface area contributed by atoms with Crippen LogP contribution in [-0.2, 0) is 0 Å². The molecule has 0 unspecified atom stereocenters. The summed E-state index contributed by atoms with van der Waals surface area (Å²) in [5, 5.41) is 11.9. The molecule has 0 aliphatic heterocycles. The molecule has 0 saturated carbocycles. The molecule has 0 aliphatic rings. The lowest BCUT2D eigenvalue weighted by Crippen LogP contribution is -2.13. The molecule has 0 bridgehead atoms. The molecule has 1 aromatic rings. The van der Waals surface area contributed by atoms with Crippen molar-refractivity contribution in [2.75, 3.05) is 7.05 Å². The van der Waals surface area contributed by atoms with E-state index < -0.39 is 5.97 Å². The van der Waals surface area contributed by atoms with E-state index in [1.807, 2.05) is 33.0 Å². The van der Waals surface area contributed by atoms with Crippen LogP contribution < -0.4 is 5.32 Å². The first-order valence-corrected chi connectivity index (χ1v) is 4.57. The quantitative estimate of drug-likeness (QED) is 0.771. The smallest absolute Gasteiger partial charge is 0.335 e. The highest BCUT2D eigenvalue weighted by atomic mass is 16.4. The summed E-state index contributed by atoms with van der Waals surface area (Å²) in [5.74, 6) is -0.869. The van der Waals surface area contributed by atoms with Gasteiger partial charge in [-0.25, -0.2) is 4.79 Å². The molecule has 0 aromatic heterocycles. The Morgan fingerprint density at radius 1 is 1.50 bits per heavy atom. The molecule has 3 nitrogen and oxygen atoms in total. The standard InChI is InChI=1S/C11H15NO2/c1-7-6-9(8(2)12-3)4-5-10(7)11(13)14/h4-6,8,12H,1-3H3,(H,13,14)/t8-/m0/s1. The molecule has 0 aliphatic carbocycles. The van der Waals surface area contributed by atoms with Gasteiger partial charge in [-0.2, -0.15) is 0 Å². The molecule has 0 spiro atoms. The number of aromatic carboxylic acids is 1. The van der Waals surface area contributed by atoms with E-state index in [0.717, 1.165) is 11.1 Å². The summed E-state index contributed by atoms with van der Waals surface area (Å²) in [5.41, 5.74) is 2.28. The van der Waals surface area contributed by atoms with Crippen molar-refractivity contribution in [3.63, 3.8) is 0 Å². The van der Waals surface area contributed by atoms with Gasteiger partial charge in [-0.3, -0.25) is 0 Å². The SMILES string of the molecule is CN[C@@H](C)c1ccc(C(=O)O)c(C)c1. The molecular weight excluding hydrogens is 178 g/mol. The van der Waals surface area contributed by atoms with E-state index in [1.165, 1.54) is 0 Å². The predicted molar refractivity (Wildman–Crippen MR) is 55.6 cm³/mol. The van der Waals surface area contributed by atoms with Crippen molar-refractivity contribution in [3.05, 3.63) is 34.9 Å². The number of hydrogen-bond donors (Lipinski definition) is 2. The van der Waals surface area contributed by atoms with Gasteiger partial charge in [-0.15, -0.1) is 0 Å². The number of carboxylic acids is 1. The molecule has 76 valence electrons. The minimum absolute atomic E-state index is 0.247. The summed E-state index contributed by atoms with van der Waals surface area (Å²) in [6.07, 6.45) is 0. The second kappa shape index (κ2) is 4.24. The zero-order chi connectivity index (χ0) is 10.7. The highest BCUT2D eigenvalue weighted by molar-refractivity contribution is 5.89. The van der Waals surface area contributed by atoms with Crippen LogP contribution >= 0.6 is 0 Å². The monoisotopic (exact) mass is 193 g/mol. The molecular formula is C11H15NO2. The second-order valence-corrected chi connectivity index (χ2v) is 3.39. The van der Waals surface area contributed by atoms with Crippen LogP contribution in [0.4, 0.5) is 0 Å². The van der Waals surface area contributed by atoms with E-state index in [-0.39, 0.29) is 6.04 Å². The van der Waals surface area contributed by atoms with Gasteiger partial charge in [0, 0.05) is 6.04 Å². The van der Waals surface area contributed by atoms with Crippen LogP contribution in [0.25, 0.3) is 0 Å². The van der Waals surface area contributed by atoms with Gasteiger partial charge in [-0.05, 0) is 38.1 Å². The Balaban J connectivity index is 3.06. The Kier molecular flexibility index (Phi) is 3.25. The number of hydrogen-bond acceptors (Lipinski definition) is 2. The molecule has 1 aromatic carbocycles. The van der Waals surface area contributed by atoms with Gasteiger partial charge >= 0.3 is 5.97 Å². The summed E-state index contributed by atoms with van der Waals surface area (Å²) < 4.78 is 0. The van der Waals surface area contributed by atoms with Gasteiger partial charge in [-0.1, -0.05) is 12.1 Å². The third-order valence-electron chi connectivity index (χ3n) is 2.41. The van der Waals surface area contributed by atoms with Crippen molar-refractivity contribution >= 4 is 5.97 Å². The summed E-state index contributed by atoms with van der Waals surface area (Å²) in [7, 11) is 1.88. The molecule has 14 heavy (non-hydrogen) atoms. The maximum atomic E-state index is 10.8. The van der Waals surface area contributed by atoms with Crippen LogP contribution in [0.2, 0.25) is 0 Å². The molecule has 1 atom stereocenters. The molecule has 0 radical (unpaired) electrons. The number of nitrogens with one attached hydrogen (secondary N) is 1. The minimum Gasteiger partial charge on any atom is -0.478 e. The van der Waals surface area contributed by atoms with Crippen molar-refractivity contribution < 1.29 is 9.90 Å². The fraction of sp³-hybridized carbons (Fsp3) is 0.364. The molecule has 0 saturated heterocycles. The van der Waals surface area contributed by atoms with Gasteiger partial charge in [0.25, 0.3) is 0 Å². The maximum Gasteiger partial charge on any atom is 0.335 e. The Hall–Kier alpha value is -1.35. The molecule has 0 heterocycles. The van der Waals surface area contributed by atoms with Crippen molar-refractivity contribution in [3.8, 4) is 0 Å². The number of aryl methyl sites for hydroxylation is 1. The topological polar surface area (TPSA) is 49.3 Å². The average molecular weight is 193 g/mol. The van der Waals surface area contributed by atoms with E-state index in [9.17, 15) is 4.79 Å². The molecule has 0 amide bonds. The zero-order valence-corrected chi connectivity index (χ0v) is 8.66. The molecule has 3 heteroatoms. The van der Waals surface area contributed by atoms with Gasteiger partial charge in [0.2, 0.25) is 0 Å². The summed E-state index contributed by atoms with van der Waals surface area (Å²) in [6.45, 7) is 3.85. The zero-order valence-electron chi connectivity index (χ0n) is 8.66. The lowest BCUT2D eigenvalue weighted by Gasteiger charge is -2.12. The van der Waals surface area contributed by atoms with E-state index in [4.69, 9.17) is 5.11 Å². The molecule has 1 rings (SSSR count). The third-order valence-corrected chi connectivity index (χ3v) is 2.41. The normalized spacial score (nSPS) is 12.5. The van der Waals surface area contributed by atoms with Crippen LogP contribution in [0.3, 0.4) is 0 Å². The van der Waals surface area contributed by atoms with Crippen LogP contribution in [0, 0.1) is 6.92 Å². The number of benzene rings is 1. The van der Waals surface area contributed by atoms with E-state index >= 15 is 0 Å². The van der Waals surface area contributed by atoms with Crippen LogP contribution in [0.5, 0.6) is 0 Å². The summed E-state index contributed by atoms with van der Waals surface area (Å²) in [6, 6.07) is 5.65. The fourth-order valence-corrected chi connectivity index (χ4v) is 1.36. The molecule has 0 fully saturated rings. The summed E-state index contributed by atoms with van der Waals surface area (Å²) in [4.78, 5) is 10.8. The Bertz CT molecular complexity index is 347. The van der Waals surface area contributed by atoms with Gasteiger partial charge in [0.05, 0.1) is 5.56 Å². The third kappa shape index (κ3) is 2.12. The van der Waals surface area contributed by atoms with Crippen LogP contribution in [0.1, 0.15) is 34.5 Å². The Morgan fingerprint density at radius 3 is 2.57 bits per heavy atom. The lowest BCUT2D eigenvalue weighted by atomic mass is 10.0. The van der Waals surface area contributed by atoms with Crippen molar-refractivity contribution in [2.45, 2.75) is 19.9 Å². The first kappa shape index (κ1) is 10.7. The summed E-state index contributed by atoms with van der Waals surface area (Å²) >= 11 is 0. The van der Waals surface area contributed by atoms with Crippen molar-refractivity contribution in [1.29, 1.82) is 0 Å². The molecule has 2 N–H and O–H groups in total. The number of carboxylic acid groups (broad SMARTS) is 1. The van der Waals surface area contributed by atoms with Crippen molar-refractivity contribution in [1.82, 2.24) is 5.32 Å². The Morgan fingerprint density at radius 2 is 2.14 bits per heavy atom. The fourth-order valence-electron chi connectivity index (χ4n) is 1.36. The Labute approximate surface area is 83.8 Å². The highest BCUT2D eigenvalue weighted by Crippen LogP contribution is 2.16. The predicted octanol–water partition coefficient (Wildman–Crippen LogP) is 1.97. The highest BCUT2D eigenvalue weighted by Gasteiger charge is 2.09. The largest absolute Gasteiger partial charge is 0.478 e. The number of rotatable bonds is 3. The van der Waals surface area contributed by atoms with E-state index in [0.29, 0.717) is 5.56 Å². The van der Waals surface area contributed by atoms with Gasteiger partial charge < -0.3 is 10.4 Å². The first-order chi connectivity index (χ1) is 6.56. The lowest BCUT2D eigenvalue weighted by molar-refractivity contribution is 0.0696. The van der Waals surface area contributed by atoms with Gasteiger partial charge in [0.1, 0.15) is 0 Å². The average Bonchev–Trinajstić information content (AvgIpc) is 2.15. The minimum atomic E-state index is -0.869. The maximum absolute atomic E-state index is 10.8. The van der Waals surface area contributed by atoms with Crippen molar-refractivity contribution in [2.24, 2.45) is 0 Å². The second-order valence-electron chi connectivity index (χ2n) is 3.39. The van der Waals surface area contributed by atoms with Crippen LogP contribution in [0.15, 0.2) is 18.2 Å². The van der Waals surface area contributed by atoms with Crippen LogP contribution in [-0.4, -0.2) is 18.1 Å². The van der Waals surface area contributed by atoms with Gasteiger partial charge in [0.15, 0.2) is 0 Å². The van der Waals surface area contributed by atoms with E-state index in [2.05, 4.69) is 5.32 Å². The van der Waals surface area contributed by atoms with E-state index in [1.54, 1.807) is 6.07 Å². The number of carbonyl (C=O) groups is 1.